The smallest absolute Gasteiger partial charge is 0.358 e. The summed E-state index contributed by atoms with van der Waals surface area (Å²) in [5.41, 5.74) is 0.259. The van der Waals surface area contributed by atoms with Crippen LogP contribution in [-0.2, 0) is 11.3 Å². The van der Waals surface area contributed by atoms with Crippen molar-refractivity contribution in [3.05, 3.63) is 23.2 Å². The molecule has 1 aliphatic carbocycles. The molecular weight excluding hydrogens is 292 g/mol. The van der Waals surface area contributed by atoms with Crippen LogP contribution in [0.25, 0.3) is 10.6 Å². The van der Waals surface area contributed by atoms with Gasteiger partial charge in [-0.05, 0) is 24.3 Å². The Kier molecular flexibility index (Phi) is 3.46. The number of carboxylic acids is 1. The molecule has 1 saturated carbocycles. The largest absolute Gasteiger partial charge is 0.476 e. The third-order valence-corrected chi connectivity index (χ3v) is 4.34. The molecule has 1 aliphatic rings. The molecule has 1 amide bonds. The number of thiophene rings is 1. The van der Waals surface area contributed by atoms with E-state index in [1.54, 1.807) is 18.0 Å². The summed E-state index contributed by atoms with van der Waals surface area (Å²) < 4.78 is 1.37. The molecule has 3 rings (SSSR count). The maximum absolute atomic E-state index is 12.2. The average molecular weight is 306 g/mol. The Hall–Kier alpha value is -2.22. The standard InChI is InChI=1S/C13H14N4O3S/c1-16(8-4-5-8)10(18)7-17-12(9-3-2-6-21-9)11(13(19)20)14-15-17/h2-3,6,8H,4-5,7H2,1H3,(H,19,20). The lowest BCUT2D eigenvalue weighted by atomic mass is 10.2. The highest BCUT2D eigenvalue weighted by molar-refractivity contribution is 7.13. The van der Waals surface area contributed by atoms with Gasteiger partial charge >= 0.3 is 5.97 Å². The van der Waals surface area contributed by atoms with E-state index in [-0.39, 0.29) is 18.1 Å². The van der Waals surface area contributed by atoms with Gasteiger partial charge in [0.1, 0.15) is 12.2 Å². The number of amides is 1. The molecule has 0 aliphatic heterocycles. The normalized spacial score (nSPS) is 14.1. The minimum atomic E-state index is -1.15. The first-order valence-corrected chi connectivity index (χ1v) is 7.42. The fourth-order valence-corrected chi connectivity index (χ4v) is 2.90. The lowest BCUT2D eigenvalue weighted by Crippen LogP contribution is -2.32. The molecule has 2 heterocycles. The number of carbonyl (C=O) groups is 2. The van der Waals surface area contributed by atoms with E-state index in [4.69, 9.17) is 0 Å². The average Bonchev–Trinajstić information content (AvgIpc) is 2.98. The fraction of sp³-hybridized carbons (Fsp3) is 0.385. The van der Waals surface area contributed by atoms with Crippen molar-refractivity contribution in [2.45, 2.75) is 25.4 Å². The fourth-order valence-electron chi connectivity index (χ4n) is 2.13. The number of aromatic nitrogens is 3. The van der Waals surface area contributed by atoms with E-state index >= 15 is 0 Å². The SMILES string of the molecule is CN(C(=O)Cn1nnc(C(=O)O)c1-c1cccs1)C1CC1. The second-order valence-electron chi connectivity index (χ2n) is 4.96. The van der Waals surface area contributed by atoms with Crippen molar-refractivity contribution in [1.29, 1.82) is 0 Å². The summed E-state index contributed by atoms with van der Waals surface area (Å²) in [5.74, 6) is -1.23. The molecule has 0 radical (unpaired) electrons. The summed E-state index contributed by atoms with van der Waals surface area (Å²) in [6.45, 7) is 0.000509. The maximum Gasteiger partial charge on any atom is 0.358 e. The minimum Gasteiger partial charge on any atom is -0.476 e. The lowest BCUT2D eigenvalue weighted by molar-refractivity contribution is -0.131. The van der Waals surface area contributed by atoms with Crippen LogP contribution in [0.15, 0.2) is 17.5 Å². The van der Waals surface area contributed by atoms with Crippen LogP contribution >= 0.6 is 11.3 Å². The van der Waals surface area contributed by atoms with Crippen LogP contribution in [0.5, 0.6) is 0 Å². The van der Waals surface area contributed by atoms with E-state index in [0.717, 1.165) is 17.7 Å². The molecule has 8 heteroatoms. The highest BCUT2D eigenvalue weighted by Crippen LogP contribution is 2.28. The molecule has 0 saturated heterocycles. The molecule has 0 unspecified atom stereocenters. The molecule has 2 aromatic heterocycles. The van der Waals surface area contributed by atoms with Crippen LogP contribution < -0.4 is 0 Å². The molecular formula is C13H14N4O3S. The summed E-state index contributed by atoms with van der Waals surface area (Å²) in [5, 5.41) is 18.6. The van der Waals surface area contributed by atoms with Crippen molar-refractivity contribution < 1.29 is 14.7 Å². The third-order valence-electron chi connectivity index (χ3n) is 3.47. The monoisotopic (exact) mass is 306 g/mol. The zero-order valence-electron chi connectivity index (χ0n) is 11.4. The molecule has 1 fully saturated rings. The molecule has 0 aromatic carbocycles. The Labute approximate surface area is 124 Å². The summed E-state index contributed by atoms with van der Waals surface area (Å²) >= 11 is 1.39. The van der Waals surface area contributed by atoms with Crippen molar-refractivity contribution in [2.75, 3.05) is 7.05 Å². The summed E-state index contributed by atoms with van der Waals surface area (Å²) in [4.78, 5) is 25.9. The predicted octanol–water partition coefficient (Wildman–Crippen LogP) is 1.33. The Bertz CT molecular complexity index is 676. The van der Waals surface area contributed by atoms with Gasteiger partial charge in [0, 0.05) is 13.1 Å². The first-order chi connectivity index (χ1) is 10.1. The van der Waals surface area contributed by atoms with Gasteiger partial charge < -0.3 is 10.0 Å². The first kappa shape index (κ1) is 13.7. The van der Waals surface area contributed by atoms with E-state index in [1.165, 1.54) is 16.0 Å². The number of carbonyl (C=O) groups excluding carboxylic acids is 1. The molecule has 110 valence electrons. The molecule has 21 heavy (non-hydrogen) atoms. The van der Waals surface area contributed by atoms with Gasteiger partial charge in [-0.25, -0.2) is 9.48 Å². The van der Waals surface area contributed by atoms with Crippen LogP contribution in [0.1, 0.15) is 23.3 Å². The molecule has 1 N–H and O–H groups in total. The van der Waals surface area contributed by atoms with Gasteiger partial charge in [-0.2, -0.15) is 0 Å². The van der Waals surface area contributed by atoms with Crippen LogP contribution in [-0.4, -0.2) is 50.0 Å². The van der Waals surface area contributed by atoms with Crippen molar-refractivity contribution in [3.63, 3.8) is 0 Å². The van der Waals surface area contributed by atoms with Gasteiger partial charge in [0.05, 0.1) is 4.88 Å². The Morgan fingerprint density at radius 3 is 2.86 bits per heavy atom. The zero-order valence-corrected chi connectivity index (χ0v) is 12.2. The van der Waals surface area contributed by atoms with Crippen LogP contribution in [0.3, 0.4) is 0 Å². The molecule has 0 atom stereocenters. The number of aromatic carboxylic acids is 1. The van der Waals surface area contributed by atoms with Crippen LogP contribution in [0, 0.1) is 0 Å². The van der Waals surface area contributed by atoms with E-state index < -0.39 is 5.97 Å². The Morgan fingerprint density at radius 1 is 1.52 bits per heavy atom. The zero-order chi connectivity index (χ0) is 15.0. The Balaban J connectivity index is 1.91. The number of likely N-dealkylation sites (N-methyl/N-ethyl adjacent to an activating group) is 1. The molecule has 0 bridgehead atoms. The molecule has 7 nitrogen and oxygen atoms in total. The number of rotatable bonds is 5. The van der Waals surface area contributed by atoms with E-state index in [1.807, 2.05) is 11.4 Å². The second-order valence-corrected chi connectivity index (χ2v) is 5.91. The van der Waals surface area contributed by atoms with Crippen molar-refractivity contribution in [2.24, 2.45) is 0 Å². The van der Waals surface area contributed by atoms with Crippen molar-refractivity contribution >= 4 is 23.2 Å². The van der Waals surface area contributed by atoms with Crippen LogP contribution in [0.4, 0.5) is 0 Å². The lowest BCUT2D eigenvalue weighted by Gasteiger charge is -2.16. The second kappa shape index (κ2) is 5.28. The molecule has 2 aromatic rings. The number of nitrogens with zero attached hydrogens (tertiary/aromatic N) is 4. The van der Waals surface area contributed by atoms with Crippen molar-refractivity contribution in [1.82, 2.24) is 19.9 Å². The van der Waals surface area contributed by atoms with E-state index in [9.17, 15) is 14.7 Å². The number of hydrogen-bond acceptors (Lipinski definition) is 5. The van der Waals surface area contributed by atoms with E-state index in [0.29, 0.717) is 11.7 Å². The number of hydrogen-bond donors (Lipinski definition) is 1. The number of carboxylic acid groups (broad SMARTS) is 1. The van der Waals surface area contributed by atoms with Crippen LogP contribution in [0.2, 0.25) is 0 Å². The minimum absolute atomic E-state index is 0.000509. The summed E-state index contributed by atoms with van der Waals surface area (Å²) in [7, 11) is 1.76. The van der Waals surface area contributed by atoms with Gasteiger partial charge in [0.15, 0.2) is 5.69 Å². The quantitative estimate of drug-likeness (QED) is 0.900. The van der Waals surface area contributed by atoms with Gasteiger partial charge in [-0.1, -0.05) is 11.3 Å². The van der Waals surface area contributed by atoms with E-state index in [2.05, 4.69) is 10.3 Å². The Morgan fingerprint density at radius 2 is 2.29 bits per heavy atom. The van der Waals surface area contributed by atoms with Crippen molar-refractivity contribution in [3.8, 4) is 10.6 Å². The maximum atomic E-state index is 12.2. The third kappa shape index (κ3) is 2.66. The van der Waals surface area contributed by atoms with Gasteiger partial charge in [-0.15, -0.1) is 16.4 Å². The van der Waals surface area contributed by atoms with Gasteiger partial charge in [-0.3, -0.25) is 4.79 Å². The highest BCUT2D eigenvalue weighted by Gasteiger charge is 2.30. The van der Waals surface area contributed by atoms with Gasteiger partial charge in [0.25, 0.3) is 0 Å². The summed E-state index contributed by atoms with van der Waals surface area (Å²) in [6.07, 6.45) is 2.05. The molecule has 0 spiro atoms. The predicted molar refractivity (Wildman–Crippen MR) is 76.1 cm³/mol. The highest BCUT2D eigenvalue weighted by atomic mass is 32.1. The van der Waals surface area contributed by atoms with Gasteiger partial charge in [0.2, 0.25) is 5.91 Å². The summed E-state index contributed by atoms with van der Waals surface area (Å²) in [6, 6.07) is 3.92. The first-order valence-electron chi connectivity index (χ1n) is 6.54. The topological polar surface area (TPSA) is 88.3 Å².